The molecule has 0 radical (unpaired) electrons. The molecule has 1 unspecified atom stereocenters. The van der Waals surface area contributed by atoms with E-state index in [2.05, 4.69) is 22.5 Å². The van der Waals surface area contributed by atoms with Gasteiger partial charge in [0.1, 0.15) is 17.4 Å². The molecule has 2 bridgehead atoms. The number of aliphatic hydroxyl groups excluding tert-OH is 1. The van der Waals surface area contributed by atoms with Gasteiger partial charge in [-0.1, -0.05) is 28.9 Å². The van der Waals surface area contributed by atoms with E-state index in [-0.39, 0.29) is 18.0 Å². The number of methoxy groups -OCH3 is 1. The highest BCUT2D eigenvalue weighted by Gasteiger charge is 2.77. The highest BCUT2D eigenvalue weighted by atomic mass is 79.9. The molecule has 9 nitrogen and oxygen atoms in total. The number of ether oxygens (including phenoxy) is 2. The number of amides is 2. The molecule has 1 aromatic rings. The lowest BCUT2D eigenvalue weighted by Gasteiger charge is -2.39. The summed E-state index contributed by atoms with van der Waals surface area (Å²) in [7, 11) is 1.55. The number of fused-ring (bicyclic) bond motifs is 1. The zero-order valence-electron chi connectivity index (χ0n) is 19.1. The fraction of sp³-hybridized carbons (Fsp3) is 0.542. The Morgan fingerprint density at radius 2 is 2.09 bits per heavy atom. The number of benzene rings is 1. The van der Waals surface area contributed by atoms with Crippen LogP contribution in [0.15, 0.2) is 36.9 Å². The predicted octanol–water partition coefficient (Wildman–Crippen LogP) is 1.82. The molecule has 1 aromatic carbocycles. The van der Waals surface area contributed by atoms with Crippen molar-refractivity contribution in [3.63, 3.8) is 0 Å². The first kappa shape index (κ1) is 24.7. The number of hydrogen-bond donors (Lipinski definition) is 2. The summed E-state index contributed by atoms with van der Waals surface area (Å²) in [4.78, 5) is 42.7. The number of aliphatic carboxylic acids is 1. The van der Waals surface area contributed by atoms with Gasteiger partial charge in [0.15, 0.2) is 0 Å². The number of carbonyl (C=O) groups is 3. The molecule has 184 valence electrons. The van der Waals surface area contributed by atoms with Gasteiger partial charge < -0.3 is 29.5 Å². The highest BCUT2D eigenvalue weighted by molar-refractivity contribution is 9.09. The van der Waals surface area contributed by atoms with Crippen molar-refractivity contribution in [2.24, 2.45) is 11.8 Å². The minimum Gasteiger partial charge on any atom is -0.497 e. The Balaban J connectivity index is 1.83. The summed E-state index contributed by atoms with van der Waals surface area (Å²) in [6.07, 6.45) is 1.59. The average Bonchev–Trinajstić information content (AvgIpc) is 3.42. The maximum Gasteiger partial charge on any atom is 0.310 e. The van der Waals surface area contributed by atoms with Crippen LogP contribution >= 0.6 is 15.9 Å². The standard InChI is InChI=1S/C24H29BrN2O7/c1-4-10-26(14-6-8-15(33-3)9-7-14)22(30)20-24-11-16(25)19(34-24)17(23(31)32)18(24)21(29)27(20)13(5-2)12-28/h4,6-9,13,16-20,28H,1,5,10-12H2,2-3H3,(H,31,32)/t13-,16?,17+,18-,19+,20+,24-/m0/s1. The van der Waals surface area contributed by atoms with Crippen molar-refractivity contribution < 1.29 is 34.1 Å². The predicted molar refractivity (Wildman–Crippen MR) is 127 cm³/mol. The number of anilines is 1. The number of rotatable bonds is 9. The molecule has 0 aliphatic carbocycles. The fourth-order valence-electron chi connectivity index (χ4n) is 5.80. The number of aliphatic hydroxyl groups is 1. The molecular weight excluding hydrogens is 508 g/mol. The van der Waals surface area contributed by atoms with Gasteiger partial charge in [0.05, 0.1) is 37.7 Å². The van der Waals surface area contributed by atoms with Crippen molar-refractivity contribution in [1.29, 1.82) is 0 Å². The molecule has 0 aromatic heterocycles. The van der Waals surface area contributed by atoms with Crippen molar-refractivity contribution in [2.45, 2.75) is 48.4 Å². The largest absolute Gasteiger partial charge is 0.497 e. The lowest BCUT2D eigenvalue weighted by atomic mass is 9.70. The SMILES string of the molecule is C=CCN(C(=O)[C@H]1N([C@@H](CC)CO)C(=O)[C@@H]2[C@@H](C(=O)O)[C@@H]3O[C@@]21CC3Br)c1ccc(OC)cc1. The summed E-state index contributed by atoms with van der Waals surface area (Å²) in [5.41, 5.74) is -0.724. The van der Waals surface area contributed by atoms with Crippen molar-refractivity contribution >= 4 is 39.4 Å². The number of carboxylic acids is 1. The van der Waals surface area contributed by atoms with Gasteiger partial charge in [-0.25, -0.2) is 0 Å². The number of nitrogens with zero attached hydrogens (tertiary/aromatic N) is 2. The maximum absolute atomic E-state index is 14.2. The molecule has 34 heavy (non-hydrogen) atoms. The van der Waals surface area contributed by atoms with E-state index in [9.17, 15) is 24.6 Å². The second-order valence-corrected chi connectivity index (χ2v) is 10.1. The van der Waals surface area contributed by atoms with Gasteiger partial charge in [-0.2, -0.15) is 0 Å². The van der Waals surface area contributed by atoms with Crippen LogP contribution in [0.2, 0.25) is 0 Å². The number of halogens is 1. The minimum atomic E-state index is -1.30. The minimum absolute atomic E-state index is 0.171. The van der Waals surface area contributed by atoms with Crippen LogP contribution in [-0.2, 0) is 19.1 Å². The average molecular weight is 537 g/mol. The van der Waals surface area contributed by atoms with Crippen molar-refractivity contribution in [1.82, 2.24) is 4.90 Å². The molecule has 4 rings (SSSR count). The molecule has 7 atom stereocenters. The van der Waals surface area contributed by atoms with E-state index < -0.39 is 53.4 Å². The van der Waals surface area contributed by atoms with E-state index in [1.54, 1.807) is 37.5 Å². The van der Waals surface area contributed by atoms with Gasteiger partial charge in [-0.15, -0.1) is 6.58 Å². The van der Waals surface area contributed by atoms with E-state index in [0.29, 0.717) is 24.3 Å². The first-order valence-corrected chi connectivity index (χ1v) is 12.2. The van der Waals surface area contributed by atoms with E-state index in [0.717, 1.165) is 0 Å². The summed E-state index contributed by atoms with van der Waals surface area (Å²) >= 11 is 3.53. The van der Waals surface area contributed by atoms with Crippen LogP contribution in [0.1, 0.15) is 19.8 Å². The molecule has 3 fully saturated rings. The van der Waals surface area contributed by atoms with Gasteiger partial charge >= 0.3 is 5.97 Å². The second-order valence-electron chi connectivity index (χ2n) is 8.93. The number of hydrogen-bond acceptors (Lipinski definition) is 6. The topological polar surface area (TPSA) is 117 Å². The third kappa shape index (κ3) is 3.54. The number of alkyl halides is 1. The van der Waals surface area contributed by atoms with Gasteiger partial charge in [-0.3, -0.25) is 14.4 Å². The van der Waals surface area contributed by atoms with Crippen molar-refractivity contribution in [3.05, 3.63) is 36.9 Å². The molecule has 10 heteroatoms. The molecule has 3 aliphatic heterocycles. The summed E-state index contributed by atoms with van der Waals surface area (Å²) in [5.74, 6) is -3.43. The highest BCUT2D eigenvalue weighted by Crippen LogP contribution is 2.60. The Hall–Kier alpha value is -2.43. The molecule has 3 saturated heterocycles. The Kier molecular flexibility index (Phi) is 6.76. The van der Waals surface area contributed by atoms with E-state index in [1.807, 2.05) is 6.92 Å². The van der Waals surface area contributed by atoms with Gasteiger partial charge in [0.2, 0.25) is 5.91 Å². The fourth-order valence-corrected chi connectivity index (χ4v) is 6.74. The molecule has 2 N–H and O–H groups in total. The smallest absolute Gasteiger partial charge is 0.310 e. The monoisotopic (exact) mass is 536 g/mol. The molecule has 0 saturated carbocycles. The van der Waals surface area contributed by atoms with Crippen molar-refractivity contribution in [3.8, 4) is 5.75 Å². The Morgan fingerprint density at radius 3 is 2.62 bits per heavy atom. The Labute approximate surface area is 206 Å². The number of likely N-dealkylation sites (tertiary alicyclic amines) is 1. The third-order valence-corrected chi connectivity index (χ3v) is 8.13. The maximum atomic E-state index is 14.2. The van der Waals surface area contributed by atoms with Gasteiger partial charge in [-0.05, 0) is 37.1 Å². The van der Waals surface area contributed by atoms with E-state index in [1.165, 1.54) is 9.80 Å². The lowest BCUT2D eigenvalue weighted by Crippen LogP contribution is -2.59. The zero-order chi connectivity index (χ0) is 24.8. The Morgan fingerprint density at radius 1 is 1.41 bits per heavy atom. The molecule has 1 spiro atoms. The van der Waals surface area contributed by atoms with E-state index in [4.69, 9.17) is 9.47 Å². The van der Waals surface area contributed by atoms with Crippen LogP contribution in [0.3, 0.4) is 0 Å². The normalized spacial score (nSPS) is 32.4. The van der Waals surface area contributed by atoms with Crippen molar-refractivity contribution in [2.75, 3.05) is 25.2 Å². The zero-order valence-corrected chi connectivity index (χ0v) is 20.7. The molecular formula is C24H29BrN2O7. The van der Waals surface area contributed by atoms with E-state index >= 15 is 0 Å². The molecule has 3 heterocycles. The summed E-state index contributed by atoms with van der Waals surface area (Å²) in [6.45, 7) is 5.41. The second kappa shape index (κ2) is 9.31. The first-order chi connectivity index (χ1) is 16.2. The van der Waals surface area contributed by atoms with Crippen LogP contribution in [0.4, 0.5) is 5.69 Å². The molecule has 3 aliphatic rings. The molecule has 2 amide bonds. The van der Waals surface area contributed by atoms with Crippen LogP contribution in [0, 0.1) is 11.8 Å². The Bertz CT molecular complexity index is 982. The van der Waals surface area contributed by atoms with Crippen LogP contribution in [-0.4, -0.2) is 81.8 Å². The van der Waals surface area contributed by atoms with Gasteiger partial charge in [0.25, 0.3) is 5.91 Å². The third-order valence-electron chi connectivity index (χ3n) is 7.28. The summed E-state index contributed by atoms with van der Waals surface area (Å²) < 4.78 is 11.5. The number of carbonyl (C=O) groups excluding carboxylic acids is 2. The lowest BCUT2D eigenvalue weighted by molar-refractivity contribution is -0.150. The van der Waals surface area contributed by atoms with Crippen LogP contribution in [0.5, 0.6) is 5.75 Å². The first-order valence-electron chi connectivity index (χ1n) is 11.3. The number of carboxylic acid groups (broad SMARTS) is 1. The quantitative estimate of drug-likeness (QED) is 0.365. The van der Waals surface area contributed by atoms with Crippen LogP contribution in [0.25, 0.3) is 0 Å². The summed E-state index contributed by atoms with van der Waals surface area (Å²) in [6, 6.07) is 5.20. The summed E-state index contributed by atoms with van der Waals surface area (Å²) in [5, 5.41) is 20.0. The van der Waals surface area contributed by atoms with Gasteiger partial charge in [0, 0.05) is 17.1 Å². The van der Waals surface area contributed by atoms with Crippen LogP contribution < -0.4 is 9.64 Å².